The summed E-state index contributed by atoms with van der Waals surface area (Å²) < 4.78 is 0. The van der Waals surface area contributed by atoms with E-state index < -0.39 is 5.97 Å². The Balaban J connectivity index is 2.21. The molecular formula is C15H24N2O3S. The van der Waals surface area contributed by atoms with Crippen LogP contribution in [0.25, 0.3) is 0 Å². The van der Waals surface area contributed by atoms with Crippen LogP contribution in [-0.4, -0.2) is 23.7 Å². The van der Waals surface area contributed by atoms with Gasteiger partial charge < -0.3 is 15.7 Å². The summed E-state index contributed by atoms with van der Waals surface area (Å²) in [4.78, 5) is 22.3. The highest BCUT2D eigenvalue weighted by Crippen LogP contribution is 2.25. The molecule has 0 aliphatic carbocycles. The molecule has 0 fully saturated rings. The highest BCUT2D eigenvalue weighted by Gasteiger charge is 2.19. The topological polar surface area (TPSA) is 78.4 Å². The zero-order chi connectivity index (χ0) is 15.9. The summed E-state index contributed by atoms with van der Waals surface area (Å²) in [6, 6.07) is -0.186. The molecule has 1 heterocycles. The molecule has 0 spiro atoms. The Labute approximate surface area is 129 Å². The number of hydrogen-bond donors (Lipinski definition) is 3. The summed E-state index contributed by atoms with van der Waals surface area (Å²) in [5.41, 5.74) is 2.24. The minimum absolute atomic E-state index is 0.0877. The summed E-state index contributed by atoms with van der Waals surface area (Å²) >= 11 is 1.63. The third kappa shape index (κ3) is 7.13. The average molecular weight is 312 g/mol. The Morgan fingerprint density at radius 3 is 2.52 bits per heavy atom. The van der Waals surface area contributed by atoms with Crippen LogP contribution in [-0.2, 0) is 11.3 Å². The first kappa shape index (κ1) is 17.5. The first-order chi connectivity index (χ1) is 9.80. The van der Waals surface area contributed by atoms with Crippen molar-refractivity contribution in [2.24, 2.45) is 5.41 Å². The first-order valence-corrected chi connectivity index (χ1v) is 7.99. The number of thiophene rings is 1. The second-order valence-corrected chi connectivity index (χ2v) is 6.74. The molecule has 6 heteroatoms. The largest absolute Gasteiger partial charge is 0.481 e. The molecular weight excluding hydrogens is 288 g/mol. The van der Waals surface area contributed by atoms with Gasteiger partial charge in [0.15, 0.2) is 0 Å². The first-order valence-electron chi connectivity index (χ1n) is 7.05. The Kier molecular flexibility index (Phi) is 6.68. The average Bonchev–Trinajstić information content (AvgIpc) is 2.79. The van der Waals surface area contributed by atoms with E-state index in [0.717, 1.165) is 12.0 Å². The fourth-order valence-corrected chi connectivity index (χ4v) is 2.75. The van der Waals surface area contributed by atoms with Crippen molar-refractivity contribution in [2.75, 3.05) is 6.54 Å². The van der Waals surface area contributed by atoms with Gasteiger partial charge in [0.2, 0.25) is 0 Å². The maximum atomic E-state index is 11.7. The van der Waals surface area contributed by atoms with E-state index in [2.05, 4.69) is 16.0 Å². The van der Waals surface area contributed by atoms with Gasteiger partial charge in [0.25, 0.3) is 0 Å². The normalized spacial score (nSPS) is 11.2. The molecule has 0 aliphatic heterocycles. The van der Waals surface area contributed by atoms with Crippen LogP contribution in [0.1, 0.15) is 44.2 Å². The lowest BCUT2D eigenvalue weighted by molar-refractivity contribution is -0.137. The predicted molar refractivity (Wildman–Crippen MR) is 84.6 cm³/mol. The molecule has 0 atom stereocenters. The van der Waals surface area contributed by atoms with Crippen LogP contribution < -0.4 is 10.6 Å². The molecule has 3 N–H and O–H groups in total. The van der Waals surface area contributed by atoms with Crippen LogP contribution in [0.5, 0.6) is 0 Å². The van der Waals surface area contributed by atoms with Crippen molar-refractivity contribution in [3.8, 4) is 0 Å². The van der Waals surface area contributed by atoms with E-state index in [1.165, 1.54) is 5.56 Å². The molecule has 0 radical (unpaired) electrons. The fraction of sp³-hybridized carbons (Fsp3) is 0.600. The van der Waals surface area contributed by atoms with Crippen molar-refractivity contribution < 1.29 is 14.7 Å². The summed E-state index contributed by atoms with van der Waals surface area (Å²) in [5, 5.41) is 18.4. The van der Waals surface area contributed by atoms with Crippen LogP contribution in [0.3, 0.4) is 0 Å². The van der Waals surface area contributed by atoms with E-state index in [1.54, 1.807) is 11.3 Å². The number of carbonyl (C=O) groups excluding carboxylic acids is 1. The summed E-state index contributed by atoms with van der Waals surface area (Å²) in [5.74, 6) is -0.778. The number of carbonyl (C=O) groups is 2. The number of carboxylic acids is 1. The van der Waals surface area contributed by atoms with Crippen LogP contribution in [0.4, 0.5) is 4.79 Å². The van der Waals surface area contributed by atoms with Crippen LogP contribution in [0.15, 0.2) is 10.8 Å². The zero-order valence-electron chi connectivity index (χ0n) is 12.9. The Hall–Kier alpha value is -1.56. The lowest BCUT2D eigenvalue weighted by Gasteiger charge is -2.23. The molecule has 21 heavy (non-hydrogen) atoms. The van der Waals surface area contributed by atoms with Crippen molar-refractivity contribution in [2.45, 2.75) is 46.6 Å². The number of amides is 2. The van der Waals surface area contributed by atoms with Crippen LogP contribution >= 0.6 is 11.3 Å². The van der Waals surface area contributed by atoms with Gasteiger partial charge in [-0.25, -0.2) is 4.79 Å². The maximum absolute atomic E-state index is 11.7. The summed E-state index contributed by atoms with van der Waals surface area (Å²) in [6.07, 6.45) is 1.53. The molecule has 118 valence electrons. The van der Waals surface area contributed by atoms with E-state index in [0.29, 0.717) is 19.5 Å². The molecule has 0 bridgehead atoms. The van der Waals surface area contributed by atoms with Gasteiger partial charge >= 0.3 is 12.0 Å². The quantitative estimate of drug-likeness (QED) is 0.690. The van der Waals surface area contributed by atoms with Crippen molar-refractivity contribution in [3.63, 3.8) is 0 Å². The highest BCUT2D eigenvalue weighted by molar-refractivity contribution is 7.08. The molecule has 0 saturated carbocycles. The van der Waals surface area contributed by atoms with Gasteiger partial charge in [-0.1, -0.05) is 13.8 Å². The molecule has 0 aliphatic rings. The SMILES string of the molecule is Cc1cscc1CNC(=O)NCCC(C)(C)CCC(=O)O. The molecule has 1 rings (SSSR count). The fourth-order valence-electron chi connectivity index (χ4n) is 1.89. The molecule has 5 nitrogen and oxygen atoms in total. The predicted octanol–water partition coefficient (Wildman–Crippen LogP) is 3.14. The van der Waals surface area contributed by atoms with Gasteiger partial charge in [-0.2, -0.15) is 11.3 Å². The minimum Gasteiger partial charge on any atom is -0.481 e. The van der Waals surface area contributed by atoms with Gasteiger partial charge in [0.1, 0.15) is 0 Å². The molecule has 2 amide bonds. The van der Waals surface area contributed by atoms with Crippen LogP contribution in [0, 0.1) is 12.3 Å². The van der Waals surface area contributed by atoms with Gasteiger partial charge in [-0.15, -0.1) is 0 Å². The monoisotopic (exact) mass is 312 g/mol. The summed E-state index contributed by atoms with van der Waals surface area (Å²) in [6.45, 7) is 7.13. The number of hydrogen-bond acceptors (Lipinski definition) is 3. The molecule has 1 aromatic heterocycles. The third-order valence-electron chi connectivity index (χ3n) is 3.50. The van der Waals surface area contributed by atoms with Crippen molar-refractivity contribution in [3.05, 3.63) is 21.9 Å². The molecule has 0 saturated heterocycles. The smallest absolute Gasteiger partial charge is 0.315 e. The minimum atomic E-state index is -0.778. The van der Waals surface area contributed by atoms with Crippen molar-refractivity contribution >= 4 is 23.3 Å². The highest BCUT2D eigenvalue weighted by atomic mass is 32.1. The van der Waals surface area contributed by atoms with Gasteiger partial charge in [0, 0.05) is 19.5 Å². The molecule has 0 aromatic carbocycles. The Morgan fingerprint density at radius 1 is 1.24 bits per heavy atom. The Bertz CT molecular complexity index is 483. The van der Waals surface area contributed by atoms with E-state index in [9.17, 15) is 9.59 Å². The lowest BCUT2D eigenvalue weighted by atomic mass is 9.84. The van der Waals surface area contributed by atoms with Crippen molar-refractivity contribution in [1.29, 1.82) is 0 Å². The number of rotatable bonds is 8. The van der Waals surface area contributed by atoms with E-state index in [1.807, 2.05) is 26.2 Å². The molecule has 1 aromatic rings. The number of urea groups is 1. The molecule has 0 unspecified atom stereocenters. The second-order valence-electron chi connectivity index (χ2n) is 6.00. The standard InChI is InChI=1S/C15H24N2O3S/c1-11-9-21-10-12(11)8-17-14(20)16-7-6-15(2,3)5-4-13(18)19/h9-10H,4-8H2,1-3H3,(H,18,19)(H2,16,17,20). The van der Waals surface area contributed by atoms with E-state index >= 15 is 0 Å². The Morgan fingerprint density at radius 2 is 1.95 bits per heavy atom. The number of carboxylic acid groups (broad SMARTS) is 1. The second kappa shape index (κ2) is 8.02. The maximum Gasteiger partial charge on any atom is 0.315 e. The van der Waals surface area contributed by atoms with Crippen LogP contribution in [0.2, 0.25) is 0 Å². The van der Waals surface area contributed by atoms with E-state index in [4.69, 9.17) is 5.11 Å². The van der Waals surface area contributed by atoms with E-state index in [-0.39, 0.29) is 17.9 Å². The van der Waals surface area contributed by atoms with Crippen molar-refractivity contribution in [1.82, 2.24) is 10.6 Å². The number of aliphatic carboxylic acids is 1. The zero-order valence-corrected chi connectivity index (χ0v) is 13.7. The van der Waals surface area contributed by atoms with Gasteiger partial charge in [-0.05, 0) is 47.1 Å². The number of aryl methyl sites for hydroxylation is 1. The third-order valence-corrected chi connectivity index (χ3v) is 4.41. The lowest BCUT2D eigenvalue weighted by Crippen LogP contribution is -2.37. The number of nitrogens with one attached hydrogen (secondary N) is 2. The van der Waals surface area contributed by atoms with Gasteiger partial charge in [0.05, 0.1) is 0 Å². The van der Waals surface area contributed by atoms with Gasteiger partial charge in [-0.3, -0.25) is 4.79 Å². The summed E-state index contributed by atoms with van der Waals surface area (Å²) in [7, 11) is 0.